The number of hydrogen-bond acceptors (Lipinski definition) is 8. The van der Waals surface area contributed by atoms with Gasteiger partial charge in [0.2, 0.25) is 16.9 Å². The smallest absolute Gasteiger partial charge is 0.290 e. The van der Waals surface area contributed by atoms with Gasteiger partial charge in [-0.05, 0) is 24.6 Å². The van der Waals surface area contributed by atoms with E-state index in [0.717, 1.165) is 36.9 Å². The normalized spacial score (nSPS) is 18.4. The Morgan fingerprint density at radius 1 is 1.29 bits per heavy atom. The summed E-state index contributed by atoms with van der Waals surface area (Å²) in [5.74, 6) is -0.537. The number of benzene rings is 1. The number of nitrogens with zero attached hydrogens (tertiary/aromatic N) is 4. The summed E-state index contributed by atoms with van der Waals surface area (Å²) >= 11 is 1.37. The largest absolute Gasteiger partial charge is 0.483 e. The van der Waals surface area contributed by atoms with Crippen LogP contribution in [0, 0.1) is 12.8 Å². The molecule has 1 aromatic heterocycles. The van der Waals surface area contributed by atoms with Crippen molar-refractivity contribution >= 4 is 40.4 Å². The van der Waals surface area contributed by atoms with E-state index >= 15 is 0 Å². The van der Waals surface area contributed by atoms with Gasteiger partial charge in [0.1, 0.15) is 5.01 Å². The Bertz CT molecular complexity index is 898. The Labute approximate surface area is 183 Å². The fourth-order valence-corrected chi connectivity index (χ4v) is 4.16. The van der Waals surface area contributed by atoms with E-state index in [0.29, 0.717) is 18.2 Å². The third-order valence-corrected chi connectivity index (χ3v) is 5.88. The van der Waals surface area contributed by atoms with Crippen LogP contribution in [-0.2, 0) is 25.7 Å². The van der Waals surface area contributed by atoms with Crippen molar-refractivity contribution in [1.29, 1.82) is 0 Å². The van der Waals surface area contributed by atoms with Gasteiger partial charge in [-0.15, -0.1) is 10.2 Å². The van der Waals surface area contributed by atoms with E-state index < -0.39 is 0 Å². The molecule has 1 aromatic carbocycles. The van der Waals surface area contributed by atoms with Crippen LogP contribution >= 0.6 is 11.3 Å². The second kappa shape index (κ2) is 10.8. The van der Waals surface area contributed by atoms with Crippen molar-refractivity contribution in [2.45, 2.75) is 19.9 Å². The van der Waals surface area contributed by atoms with Crippen molar-refractivity contribution in [1.82, 2.24) is 15.5 Å². The number of carboxylic acid groups (broad SMARTS) is 1. The van der Waals surface area contributed by atoms with E-state index in [9.17, 15) is 9.59 Å². The zero-order chi connectivity index (χ0) is 22.2. The molecule has 0 spiro atoms. The lowest BCUT2D eigenvalue weighted by Gasteiger charge is -2.28. The molecule has 1 unspecified atom stereocenters. The fourth-order valence-electron chi connectivity index (χ4n) is 3.44. The van der Waals surface area contributed by atoms with Gasteiger partial charge in [-0.25, -0.2) is 0 Å². The van der Waals surface area contributed by atoms with Crippen molar-refractivity contribution in [3.05, 3.63) is 34.8 Å². The third kappa shape index (κ3) is 5.98. The maximum absolute atomic E-state index is 12.5. The zero-order valence-corrected chi connectivity index (χ0v) is 18.0. The lowest BCUT2D eigenvalue weighted by atomic mass is 10.1. The summed E-state index contributed by atoms with van der Waals surface area (Å²) in [5, 5.41) is 19.2. The number of aryl methyl sites for hydroxylation is 1. The van der Waals surface area contributed by atoms with E-state index in [4.69, 9.17) is 14.6 Å². The second-order valence-electron chi connectivity index (χ2n) is 7.10. The summed E-state index contributed by atoms with van der Waals surface area (Å²) in [7, 11) is 0. The van der Waals surface area contributed by atoms with Crippen LogP contribution in [0.25, 0.3) is 0 Å². The van der Waals surface area contributed by atoms with E-state index in [1.165, 1.54) is 17.0 Å². The SMILES string of the molecule is Cc1nnc(N2CC(C(=O)NCc3ccc(N4CCOCC4)cc3)CC2=O)s1.O=CO. The topological polar surface area (TPSA) is 125 Å². The summed E-state index contributed by atoms with van der Waals surface area (Å²) < 4.78 is 5.38. The maximum Gasteiger partial charge on any atom is 0.290 e. The Balaban J connectivity index is 0.000000858. The van der Waals surface area contributed by atoms with Gasteiger partial charge in [-0.2, -0.15) is 0 Å². The van der Waals surface area contributed by atoms with Crippen molar-refractivity contribution in [3.63, 3.8) is 0 Å². The van der Waals surface area contributed by atoms with Gasteiger partial charge in [0.15, 0.2) is 0 Å². The quantitative estimate of drug-likeness (QED) is 0.652. The van der Waals surface area contributed by atoms with Gasteiger partial charge < -0.3 is 20.1 Å². The Kier molecular flexibility index (Phi) is 7.90. The number of rotatable bonds is 5. The maximum atomic E-state index is 12.5. The molecule has 0 radical (unpaired) electrons. The fraction of sp³-hybridized carbons (Fsp3) is 0.450. The van der Waals surface area contributed by atoms with Crippen LogP contribution in [0.1, 0.15) is 17.0 Å². The highest BCUT2D eigenvalue weighted by molar-refractivity contribution is 7.15. The minimum absolute atomic E-state index is 0.0776. The second-order valence-corrected chi connectivity index (χ2v) is 8.26. The number of carbonyl (C=O) groups is 3. The molecule has 3 heterocycles. The molecule has 31 heavy (non-hydrogen) atoms. The van der Waals surface area contributed by atoms with E-state index in [-0.39, 0.29) is 30.6 Å². The zero-order valence-electron chi connectivity index (χ0n) is 17.2. The highest BCUT2D eigenvalue weighted by atomic mass is 32.1. The number of carbonyl (C=O) groups excluding carboxylic acids is 2. The number of nitrogens with one attached hydrogen (secondary N) is 1. The number of aromatic nitrogens is 2. The summed E-state index contributed by atoms with van der Waals surface area (Å²) in [5.41, 5.74) is 2.20. The third-order valence-electron chi connectivity index (χ3n) is 5.02. The van der Waals surface area contributed by atoms with Crippen LogP contribution in [0.2, 0.25) is 0 Å². The van der Waals surface area contributed by atoms with Gasteiger partial charge in [0.05, 0.1) is 19.1 Å². The Morgan fingerprint density at radius 2 is 1.97 bits per heavy atom. The molecular formula is C20H25N5O5S. The minimum Gasteiger partial charge on any atom is -0.483 e. The molecule has 2 aliphatic heterocycles. The summed E-state index contributed by atoms with van der Waals surface area (Å²) in [6.07, 6.45) is 0.209. The van der Waals surface area contributed by atoms with Gasteiger partial charge in [0.25, 0.3) is 6.47 Å². The van der Waals surface area contributed by atoms with Crippen LogP contribution < -0.4 is 15.1 Å². The van der Waals surface area contributed by atoms with Crippen molar-refractivity contribution in [2.24, 2.45) is 5.92 Å². The molecule has 2 aromatic rings. The predicted molar refractivity (Wildman–Crippen MR) is 115 cm³/mol. The summed E-state index contributed by atoms with van der Waals surface area (Å²) in [6.45, 7) is 5.71. The number of hydrogen-bond donors (Lipinski definition) is 2. The number of amides is 2. The highest BCUT2D eigenvalue weighted by Gasteiger charge is 2.36. The molecule has 1 atom stereocenters. The van der Waals surface area contributed by atoms with Crippen LogP contribution in [0.5, 0.6) is 0 Å². The van der Waals surface area contributed by atoms with Crippen LogP contribution in [-0.4, -0.2) is 66.4 Å². The Hall–Kier alpha value is -3.05. The molecule has 0 saturated carbocycles. The van der Waals surface area contributed by atoms with Crippen LogP contribution in [0.3, 0.4) is 0 Å². The number of anilines is 2. The van der Waals surface area contributed by atoms with E-state index in [2.05, 4.69) is 32.5 Å². The lowest BCUT2D eigenvalue weighted by molar-refractivity contribution is -0.126. The first-order valence-electron chi connectivity index (χ1n) is 9.89. The first-order valence-corrected chi connectivity index (χ1v) is 10.7. The van der Waals surface area contributed by atoms with Gasteiger partial charge >= 0.3 is 0 Å². The summed E-state index contributed by atoms with van der Waals surface area (Å²) in [4.78, 5) is 37.0. The molecule has 0 bridgehead atoms. The van der Waals surface area contributed by atoms with Crippen LogP contribution in [0.4, 0.5) is 10.8 Å². The molecular weight excluding hydrogens is 422 g/mol. The molecule has 0 aliphatic carbocycles. The lowest BCUT2D eigenvalue weighted by Crippen LogP contribution is -2.36. The van der Waals surface area contributed by atoms with Gasteiger partial charge in [0, 0.05) is 38.3 Å². The highest BCUT2D eigenvalue weighted by Crippen LogP contribution is 2.27. The predicted octanol–water partition coefficient (Wildman–Crippen LogP) is 1.05. The molecule has 11 heteroatoms. The van der Waals surface area contributed by atoms with E-state index in [1.807, 2.05) is 19.1 Å². The molecule has 2 N–H and O–H groups in total. The first kappa shape index (κ1) is 22.6. The van der Waals surface area contributed by atoms with Crippen molar-refractivity contribution in [3.8, 4) is 0 Å². The number of ether oxygens (including phenoxy) is 1. The molecule has 166 valence electrons. The summed E-state index contributed by atoms with van der Waals surface area (Å²) in [6, 6.07) is 8.21. The van der Waals surface area contributed by atoms with E-state index in [1.54, 1.807) is 4.90 Å². The molecule has 2 fully saturated rings. The average Bonchev–Trinajstić information content (AvgIpc) is 3.39. The molecule has 2 aliphatic rings. The standard InChI is InChI=1S/C19H23N5O3S.CH2O2/c1-13-21-22-19(28-13)24-12-15(10-17(24)25)18(26)20-11-14-2-4-16(5-3-14)23-6-8-27-9-7-23;2-1-3/h2-5,15H,6-12H2,1H3,(H,20,26);1H,(H,2,3). The van der Waals surface area contributed by atoms with Crippen molar-refractivity contribution in [2.75, 3.05) is 42.6 Å². The number of morpholine rings is 1. The monoisotopic (exact) mass is 447 g/mol. The molecule has 2 saturated heterocycles. The molecule has 10 nitrogen and oxygen atoms in total. The average molecular weight is 448 g/mol. The van der Waals surface area contributed by atoms with Gasteiger partial charge in [-0.1, -0.05) is 23.5 Å². The van der Waals surface area contributed by atoms with Crippen molar-refractivity contribution < 1.29 is 24.2 Å². The van der Waals surface area contributed by atoms with Gasteiger partial charge in [-0.3, -0.25) is 19.3 Å². The van der Waals surface area contributed by atoms with Crippen LogP contribution in [0.15, 0.2) is 24.3 Å². The molecule has 4 rings (SSSR count). The first-order chi connectivity index (χ1) is 15.0. The Morgan fingerprint density at radius 3 is 2.58 bits per heavy atom. The minimum atomic E-state index is -0.357. The molecule has 2 amide bonds.